The van der Waals surface area contributed by atoms with Gasteiger partial charge in [-0.1, -0.05) is 18.2 Å². The van der Waals surface area contributed by atoms with E-state index in [0.717, 1.165) is 39.7 Å². The molecule has 216 valence electrons. The molecule has 1 fully saturated rings. The fraction of sp³-hybridized carbons (Fsp3) is 0.312. The number of thiophene rings is 1. The molecule has 2 aliphatic heterocycles. The third-order valence-corrected chi connectivity index (χ3v) is 11.2. The standard InChI is InChI=1S/C32H33N5O3S2/c1-4-40-30-8-6-5-7-27(30)32(36-17-15-35(16-18-36)26-11-13-34-14-12-26)22-37(29-10-9-25(21-33)20-28(29)32)42(38,39)31-19-23(2)41-24(31)3/h5-14,19-20H,4,15-18,22H2,1-3H3. The minimum atomic E-state index is -3.90. The van der Waals surface area contributed by atoms with E-state index >= 15 is 0 Å². The fourth-order valence-electron chi connectivity index (χ4n) is 6.39. The monoisotopic (exact) mass is 599 g/mol. The van der Waals surface area contributed by atoms with Crippen LogP contribution in [-0.2, 0) is 15.6 Å². The first-order valence-electron chi connectivity index (χ1n) is 14.1. The van der Waals surface area contributed by atoms with Gasteiger partial charge in [0.25, 0.3) is 10.0 Å². The average Bonchev–Trinajstić information content (AvgIpc) is 3.55. The largest absolute Gasteiger partial charge is 0.494 e. The quantitative estimate of drug-likeness (QED) is 0.285. The van der Waals surface area contributed by atoms with E-state index in [1.165, 1.54) is 11.3 Å². The van der Waals surface area contributed by atoms with Gasteiger partial charge in [0.2, 0.25) is 0 Å². The Morgan fingerprint density at radius 2 is 1.74 bits per heavy atom. The van der Waals surface area contributed by atoms with Gasteiger partial charge in [-0.2, -0.15) is 5.26 Å². The molecule has 6 rings (SSSR count). The van der Waals surface area contributed by atoms with Crippen molar-refractivity contribution in [2.24, 2.45) is 0 Å². The van der Waals surface area contributed by atoms with E-state index in [4.69, 9.17) is 4.74 Å². The molecule has 42 heavy (non-hydrogen) atoms. The highest BCUT2D eigenvalue weighted by molar-refractivity contribution is 7.93. The Bertz CT molecular complexity index is 1760. The molecule has 10 heteroatoms. The van der Waals surface area contributed by atoms with Crippen molar-refractivity contribution in [2.75, 3.05) is 48.5 Å². The number of benzene rings is 2. The molecule has 1 atom stereocenters. The zero-order valence-electron chi connectivity index (χ0n) is 23.9. The number of nitriles is 1. The van der Waals surface area contributed by atoms with Crippen molar-refractivity contribution >= 4 is 32.7 Å². The number of nitrogens with zero attached hydrogens (tertiary/aromatic N) is 5. The zero-order chi connectivity index (χ0) is 29.5. The fourth-order valence-corrected chi connectivity index (χ4v) is 9.43. The van der Waals surface area contributed by atoms with Crippen LogP contribution >= 0.6 is 11.3 Å². The van der Waals surface area contributed by atoms with Crippen LogP contribution in [0.3, 0.4) is 0 Å². The summed E-state index contributed by atoms with van der Waals surface area (Å²) in [6.07, 6.45) is 3.60. The highest BCUT2D eigenvalue weighted by Gasteiger charge is 2.53. The van der Waals surface area contributed by atoms with Crippen LogP contribution in [0, 0.1) is 25.2 Å². The van der Waals surface area contributed by atoms with Gasteiger partial charge >= 0.3 is 0 Å². The summed E-state index contributed by atoms with van der Waals surface area (Å²) >= 11 is 1.48. The van der Waals surface area contributed by atoms with E-state index in [-0.39, 0.29) is 6.54 Å². The molecular weight excluding hydrogens is 567 g/mol. The maximum atomic E-state index is 14.4. The molecule has 4 aromatic rings. The Kier molecular flexibility index (Phi) is 7.43. The molecule has 0 N–H and O–H groups in total. The van der Waals surface area contributed by atoms with E-state index < -0.39 is 15.6 Å². The number of rotatable bonds is 7. The summed E-state index contributed by atoms with van der Waals surface area (Å²) in [4.78, 5) is 10.9. The summed E-state index contributed by atoms with van der Waals surface area (Å²) in [6, 6.07) is 21.4. The summed E-state index contributed by atoms with van der Waals surface area (Å²) in [6.45, 7) is 9.27. The first kappa shape index (κ1) is 28.2. The van der Waals surface area contributed by atoms with Gasteiger partial charge in [-0.05, 0) is 63.2 Å². The number of aromatic nitrogens is 1. The topological polar surface area (TPSA) is 89.8 Å². The first-order valence-corrected chi connectivity index (χ1v) is 16.3. The molecule has 0 radical (unpaired) electrons. The van der Waals surface area contributed by atoms with E-state index in [1.54, 1.807) is 34.9 Å². The van der Waals surface area contributed by atoms with Gasteiger partial charge in [0, 0.05) is 65.1 Å². The van der Waals surface area contributed by atoms with Crippen LogP contribution in [-0.4, -0.2) is 57.6 Å². The van der Waals surface area contributed by atoms with Gasteiger partial charge in [0.15, 0.2) is 0 Å². The van der Waals surface area contributed by atoms with Crippen LogP contribution in [0.15, 0.2) is 78.0 Å². The predicted octanol–water partition coefficient (Wildman–Crippen LogP) is 5.31. The second-order valence-corrected chi connectivity index (χ2v) is 13.9. The van der Waals surface area contributed by atoms with Crippen molar-refractivity contribution in [3.05, 3.63) is 99.5 Å². The lowest BCUT2D eigenvalue weighted by atomic mass is 9.81. The molecule has 0 spiro atoms. The molecule has 0 bridgehead atoms. The van der Waals surface area contributed by atoms with Crippen molar-refractivity contribution in [2.45, 2.75) is 31.2 Å². The van der Waals surface area contributed by atoms with Gasteiger partial charge in [0.05, 0.1) is 36.0 Å². The number of anilines is 2. The van der Waals surface area contributed by atoms with Crippen LogP contribution in [0.4, 0.5) is 11.4 Å². The van der Waals surface area contributed by atoms with E-state index in [1.807, 2.05) is 63.2 Å². The molecule has 1 saturated heterocycles. The Labute approximate surface area is 251 Å². The van der Waals surface area contributed by atoms with Crippen LogP contribution in [0.25, 0.3) is 0 Å². The van der Waals surface area contributed by atoms with Crippen LogP contribution in [0.5, 0.6) is 5.75 Å². The van der Waals surface area contributed by atoms with E-state index in [2.05, 4.69) is 20.9 Å². The van der Waals surface area contributed by atoms with Gasteiger partial charge in [-0.15, -0.1) is 11.3 Å². The zero-order valence-corrected chi connectivity index (χ0v) is 25.6. The normalized spacial score (nSPS) is 19.0. The number of hydrogen-bond donors (Lipinski definition) is 0. The molecule has 4 heterocycles. The van der Waals surface area contributed by atoms with E-state index in [9.17, 15) is 13.7 Å². The maximum absolute atomic E-state index is 14.4. The summed E-state index contributed by atoms with van der Waals surface area (Å²) in [5.41, 5.74) is 3.03. The molecule has 2 aliphatic rings. The Morgan fingerprint density at radius 1 is 1.00 bits per heavy atom. The summed E-state index contributed by atoms with van der Waals surface area (Å²) in [5, 5.41) is 9.93. The first-order chi connectivity index (χ1) is 20.3. The third-order valence-electron chi connectivity index (χ3n) is 8.26. The van der Waals surface area contributed by atoms with Crippen molar-refractivity contribution in [3.63, 3.8) is 0 Å². The van der Waals surface area contributed by atoms with Gasteiger partial charge in [-0.25, -0.2) is 8.42 Å². The lowest BCUT2D eigenvalue weighted by Gasteiger charge is -2.47. The number of aryl methyl sites for hydroxylation is 2. The van der Waals surface area contributed by atoms with Crippen molar-refractivity contribution in [1.29, 1.82) is 5.26 Å². The number of para-hydroxylation sites is 1. The Balaban J connectivity index is 1.54. The molecule has 8 nitrogen and oxygen atoms in total. The number of piperazine rings is 1. The van der Waals surface area contributed by atoms with Crippen molar-refractivity contribution < 1.29 is 13.2 Å². The van der Waals surface area contributed by atoms with Crippen molar-refractivity contribution in [3.8, 4) is 11.8 Å². The summed E-state index contributed by atoms with van der Waals surface area (Å²) in [5.74, 6) is 0.715. The molecule has 0 aliphatic carbocycles. The molecule has 0 saturated carbocycles. The molecular formula is C32H33N5O3S2. The highest BCUT2D eigenvalue weighted by Crippen LogP contribution is 2.52. The number of ether oxygens (including phenoxy) is 1. The highest BCUT2D eigenvalue weighted by atomic mass is 32.2. The van der Waals surface area contributed by atoms with Crippen LogP contribution in [0.1, 0.15) is 33.4 Å². The lowest BCUT2D eigenvalue weighted by Crippen LogP contribution is -2.58. The van der Waals surface area contributed by atoms with Crippen molar-refractivity contribution in [1.82, 2.24) is 9.88 Å². The number of fused-ring (bicyclic) bond motifs is 1. The average molecular weight is 600 g/mol. The number of hydrogen-bond acceptors (Lipinski definition) is 8. The second kappa shape index (κ2) is 11.1. The lowest BCUT2D eigenvalue weighted by molar-refractivity contribution is 0.124. The molecule has 2 aromatic carbocycles. The third kappa shape index (κ3) is 4.62. The van der Waals surface area contributed by atoms with E-state index in [0.29, 0.717) is 41.6 Å². The smallest absolute Gasteiger partial charge is 0.265 e. The predicted molar refractivity (Wildman–Crippen MR) is 166 cm³/mol. The summed E-state index contributed by atoms with van der Waals surface area (Å²) in [7, 11) is -3.90. The van der Waals surface area contributed by atoms with Crippen LogP contribution in [0.2, 0.25) is 0 Å². The number of sulfonamides is 1. The molecule has 1 unspecified atom stereocenters. The van der Waals surface area contributed by atoms with Gasteiger partial charge in [-0.3, -0.25) is 14.2 Å². The molecule has 0 amide bonds. The van der Waals surface area contributed by atoms with Gasteiger partial charge in [0.1, 0.15) is 10.6 Å². The summed E-state index contributed by atoms with van der Waals surface area (Å²) < 4.78 is 36.6. The SMILES string of the molecule is CCOc1ccccc1C1(N2CCN(c3ccncc3)CC2)CN(S(=O)(=O)c2cc(C)sc2C)c2ccc(C#N)cc21. The number of pyridine rings is 1. The minimum Gasteiger partial charge on any atom is -0.494 e. The van der Waals surface area contributed by atoms with Crippen LogP contribution < -0.4 is 13.9 Å². The Morgan fingerprint density at radius 3 is 2.40 bits per heavy atom. The van der Waals surface area contributed by atoms with Gasteiger partial charge < -0.3 is 9.64 Å². The molecule has 2 aromatic heterocycles. The Hall–Kier alpha value is -3.91. The maximum Gasteiger partial charge on any atom is 0.265 e. The second-order valence-electron chi connectivity index (χ2n) is 10.6. The minimum absolute atomic E-state index is 0.174.